The van der Waals surface area contributed by atoms with Crippen molar-refractivity contribution >= 4 is 0 Å². The quantitative estimate of drug-likeness (QED) is 0.251. The Balaban J connectivity index is 0.927. The Kier molecular flexibility index (Phi) is 9.00. The smallest absolute Gasteiger partial charge is 0.000811 e. The van der Waals surface area contributed by atoms with E-state index in [9.17, 15) is 0 Å². The van der Waals surface area contributed by atoms with E-state index < -0.39 is 0 Å². The van der Waals surface area contributed by atoms with Crippen LogP contribution in [0, 0.1) is 35.0 Å². The highest BCUT2D eigenvalue weighted by molar-refractivity contribution is 5.02. The second-order valence-electron chi connectivity index (χ2n) is 12.2. The van der Waals surface area contributed by atoms with Crippen LogP contribution in [0.25, 0.3) is 0 Å². The van der Waals surface area contributed by atoms with Crippen molar-refractivity contribution in [2.45, 2.75) is 116 Å². The fourth-order valence-corrected chi connectivity index (χ4v) is 7.93. The molecule has 5 rings (SSSR count). The highest BCUT2D eigenvalue weighted by Crippen LogP contribution is 2.59. The fourth-order valence-electron chi connectivity index (χ4n) is 7.93. The van der Waals surface area contributed by atoms with E-state index in [2.05, 4.69) is 17.6 Å². The molecule has 0 heterocycles. The summed E-state index contributed by atoms with van der Waals surface area (Å²) in [6.45, 7) is 7.46. The molecule has 2 nitrogen and oxygen atoms in total. The highest BCUT2D eigenvalue weighted by atomic mass is 14.9. The topological polar surface area (TPSA) is 24.1 Å². The number of hydrogen-bond donors (Lipinski definition) is 2. The van der Waals surface area contributed by atoms with E-state index in [1.807, 2.05) is 0 Å². The van der Waals surface area contributed by atoms with Crippen LogP contribution in [0.4, 0.5) is 0 Å². The average molecular weight is 417 g/mol. The second-order valence-corrected chi connectivity index (χ2v) is 12.2. The van der Waals surface area contributed by atoms with Gasteiger partial charge in [-0.25, -0.2) is 0 Å². The monoisotopic (exact) mass is 416 g/mol. The first-order valence-corrected chi connectivity index (χ1v) is 14.2. The minimum Gasteiger partial charge on any atom is -0.316 e. The van der Waals surface area contributed by atoms with Gasteiger partial charge in [-0.2, -0.15) is 0 Å². The normalized spacial score (nSPS) is 36.5. The molecule has 0 unspecified atom stereocenters. The van der Waals surface area contributed by atoms with Gasteiger partial charge in [0.15, 0.2) is 0 Å². The molecular weight excluding hydrogens is 364 g/mol. The van der Waals surface area contributed by atoms with Gasteiger partial charge in [0, 0.05) is 6.54 Å². The van der Waals surface area contributed by atoms with Gasteiger partial charge in [-0.3, -0.25) is 0 Å². The Bertz CT molecular complexity index is 452. The molecule has 0 amide bonds. The van der Waals surface area contributed by atoms with E-state index >= 15 is 0 Å². The van der Waals surface area contributed by atoms with E-state index in [4.69, 9.17) is 0 Å². The van der Waals surface area contributed by atoms with Gasteiger partial charge in [0.1, 0.15) is 0 Å². The van der Waals surface area contributed by atoms with Crippen molar-refractivity contribution in [1.29, 1.82) is 0 Å². The van der Waals surface area contributed by atoms with E-state index in [0.717, 1.165) is 35.0 Å². The molecule has 0 saturated heterocycles. The van der Waals surface area contributed by atoms with Crippen LogP contribution >= 0.6 is 0 Å². The van der Waals surface area contributed by atoms with Gasteiger partial charge in [-0.05, 0) is 112 Å². The summed E-state index contributed by atoms with van der Waals surface area (Å²) >= 11 is 0. The first-order valence-electron chi connectivity index (χ1n) is 14.2. The fraction of sp³-hybridized carbons (Fsp3) is 1.00. The lowest BCUT2D eigenvalue weighted by Crippen LogP contribution is -2.50. The summed E-state index contributed by atoms with van der Waals surface area (Å²) in [5, 5.41) is 7.62. The predicted octanol–water partition coefficient (Wildman–Crippen LogP) is 6.94. The summed E-state index contributed by atoms with van der Waals surface area (Å²) in [5.74, 6) is 5.38. The zero-order chi connectivity index (χ0) is 20.7. The maximum Gasteiger partial charge on any atom is 0.000811 e. The van der Waals surface area contributed by atoms with E-state index in [-0.39, 0.29) is 0 Å². The Hall–Kier alpha value is -0.0800. The largest absolute Gasteiger partial charge is 0.316 e. The van der Waals surface area contributed by atoms with Gasteiger partial charge in [0.2, 0.25) is 0 Å². The SMILES string of the molecule is CCCCCCCNC[C@@H]1C[C@H]1CCCCCCNCC12CC3CC(CC(C3)C1)C2. The van der Waals surface area contributed by atoms with Crippen molar-refractivity contribution in [3.8, 4) is 0 Å². The molecule has 5 fully saturated rings. The third-order valence-corrected chi connectivity index (χ3v) is 9.28. The summed E-state index contributed by atoms with van der Waals surface area (Å²) < 4.78 is 0. The standard InChI is InChI=1S/C28H52N2/c1-2-3-4-6-9-12-29-21-27-17-26(27)11-8-5-7-10-13-30-22-28-18-23-14-24(19-28)16-25(15-23)20-28/h23-27,29-30H,2-22H2,1H3/t23?,24?,25?,26-,27+,28?/m1/s1. The second kappa shape index (κ2) is 11.7. The minimum absolute atomic E-state index is 0.722. The Labute approximate surface area is 188 Å². The molecule has 5 saturated carbocycles. The number of rotatable bonds is 17. The molecule has 2 N–H and O–H groups in total. The van der Waals surface area contributed by atoms with Gasteiger partial charge in [-0.15, -0.1) is 0 Å². The zero-order valence-electron chi connectivity index (χ0n) is 20.2. The summed E-state index contributed by atoms with van der Waals surface area (Å²) in [4.78, 5) is 0. The third kappa shape index (κ3) is 6.96. The lowest BCUT2D eigenvalue weighted by atomic mass is 9.49. The van der Waals surface area contributed by atoms with E-state index in [1.54, 1.807) is 38.5 Å². The van der Waals surface area contributed by atoms with E-state index in [0.29, 0.717) is 0 Å². The van der Waals surface area contributed by atoms with Gasteiger partial charge >= 0.3 is 0 Å². The molecule has 0 aromatic carbocycles. The van der Waals surface area contributed by atoms with E-state index in [1.165, 1.54) is 96.8 Å². The average Bonchev–Trinajstić information content (AvgIpc) is 3.46. The molecule has 2 atom stereocenters. The molecule has 0 aliphatic heterocycles. The van der Waals surface area contributed by atoms with Crippen LogP contribution in [0.15, 0.2) is 0 Å². The molecule has 0 radical (unpaired) electrons. The highest BCUT2D eigenvalue weighted by Gasteiger charge is 2.50. The van der Waals surface area contributed by atoms with Crippen molar-refractivity contribution in [1.82, 2.24) is 10.6 Å². The molecule has 174 valence electrons. The van der Waals surface area contributed by atoms with Gasteiger partial charge in [0.05, 0.1) is 0 Å². The van der Waals surface area contributed by atoms with Crippen molar-refractivity contribution in [2.75, 3.05) is 26.2 Å². The van der Waals surface area contributed by atoms with Crippen LogP contribution in [-0.2, 0) is 0 Å². The lowest BCUT2D eigenvalue weighted by Gasteiger charge is -2.57. The van der Waals surface area contributed by atoms with Crippen LogP contribution in [-0.4, -0.2) is 26.2 Å². The van der Waals surface area contributed by atoms with Gasteiger partial charge in [-0.1, -0.05) is 58.3 Å². The van der Waals surface area contributed by atoms with Crippen molar-refractivity contribution in [2.24, 2.45) is 35.0 Å². The predicted molar refractivity (Wildman–Crippen MR) is 130 cm³/mol. The third-order valence-electron chi connectivity index (χ3n) is 9.28. The van der Waals surface area contributed by atoms with Crippen LogP contribution in [0.1, 0.15) is 116 Å². The van der Waals surface area contributed by atoms with Crippen molar-refractivity contribution in [3.05, 3.63) is 0 Å². The van der Waals surface area contributed by atoms with Gasteiger partial charge in [0.25, 0.3) is 0 Å². The molecular formula is C28H52N2. The van der Waals surface area contributed by atoms with Crippen LogP contribution < -0.4 is 10.6 Å². The summed E-state index contributed by atoms with van der Waals surface area (Å²) in [7, 11) is 0. The molecule has 4 bridgehead atoms. The Morgan fingerprint density at radius 3 is 1.90 bits per heavy atom. The first kappa shape index (κ1) is 23.1. The molecule has 0 aromatic heterocycles. The zero-order valence-corrected chi connectivity index (χ0v) is 20.2. The minimum atomic E-state index is 0.722. The summed E-state index contributed by atoms with van der Waals surface area (Å²) in [6, 6.07) is 0. The maximum atomic E-state index is 3.90. The van der Waals surface area contributed by atoms with Crippen molar-refractivity contribution < 1.29 is 0 Å². The molecule has 0 spiro atoms. The Morgan fingerprint density at radius 1 is 0.633 bits per heavy atom. The number of nitrogens with one attached hydrogen (secondary N) is 2. The molecule has 30 heavy (non-hydrogen) atoms. The van der Waals surface area contributed by atoms with Crippen LogP contribution in [0.2, 0.25) is 0 Å². The summed E-state index contributed by atoms with van der Waals surface area (Å²) in [5.41, 5.74) is 0.722. The van der Waals surface area contributed by atoms with Crippen LogP contribution in [0.5, 0.6) is 0 Å². The van der Waals surface area contributed by atoms with Crippen molar-refractivity contribution in [3.63, 3.8) is 0 Å². The maximum absolute atomic E-state index is 3.90. The summed E-state index contributed by atoms with van der Waals surface area (Å²) in [6.07, 6.45) is 25.2. The van der Waals surface area contributed by atoms with Crippen LogP contribution in [0.3, 0.4) is 0 Å². The number of hydrogen-bond acceptors (Lipinski definition) is 2. The first-order chi connectivity index (χ1) is 14.8. The molecule has 0 aromatic rings. The number of unbranched alkanes of at least 4 members (excludes halogenated alkanes) is 7. The molecule has 5 aliphatic carbocycles. The molecule has 2 heteroatoms. The molecule has 5 aliphatic rings. The lowest BCUT2D eigenvalue weighted by molar-refractivity contribution is -0.0512. The Morgan fingerprint density at radius 2 is 1.23 bits per heavy atom. The van der Waals surface area contributed by atoms with Gasteiger partial charge < -0.3 is 10.6 Å².